The second kappa shape index (κ2) is 33.1. The van der Waals surface area contributed by atoms with Crippen molar-refractivity contribution in [3.8, 4) is 0 Å². The molecule has 7 atom stereocenters. The maximum Gasteiger partial charge on any atom is 0.472 e. The first-order valence-corrected chi connectivity index (χ1v) is 21.8. The standard InChI is InChI=1S/C43H70NO11P/c1-3-5-7-8-9-10-11-12-13-14-15-16-17-18-19-20-22-28-43(49)55-37(35-54-56(50,51)53-32-31-44)34-52-42(48)27-24-23-26-38-39(41(47)33-40(38)46)30-29-36(45)25-21-6-4-2/h5,7,9-10,12-13,15-16,18-19,23-24,29-30,36-41,45-47H,3-4,6,8,11,14,17,20-22,25-28,31-35,44H2,1-2H3,(H,50,51)/b7-5-,10-9-,13-12-,16-15-,19-18-,24-23-,30-29+/t36-,37-,38+,39-,40+,41-/m1/s1. The highest BCUT2D eigenvalue weighted by Gasteiger charge is 2.39. The lowest BCUT2D eigenvalue weighted by molar-refractivity contribution is -0.160. The lowest BCUT2D eigenvalue weighted by Crippen LogP contribution is -2.29. The number of carbonyl (C=O) groups is 2. The van der Waals surface area contributed by atoms with Gasteiger partial charge in [-0.25, -0.2) is 4.57 Å². The second-order valence-electron chi connectivity index (χ2n) is 13.8. The van der Waals surface area contributed by atoms with Crippen LogP contribution in [0.15, 0.2) is 85.1 Å². The average Bonchev–Trinajstić information content (AvgIpc) is 3.44. The Labute approximate surface area is 335 Å². The number of hydrogen-bond acceptors (Lipinski definition) is 11. The maximum absolute atomic E-state index is 12.6. The summed E-state index contributed by atoms with van der Waals surface area (Å²) >= 11 is 0. The van der Waals surface area contributed by atoms with Gasteiger partial charge in [-0.05, 0) is 63.7 Å². The predicted molar refractivity (Wildman–Crippen MR) is 221 cm³/mol. The minimum absolute atomic E-state index is 0.00472. The molecule has 1 saturated carbocycles. The molecule has 0 amide bonds. The molecule has 0 aliphatic heterocycles. The summed E-state index contributed by atoms with van der Waals surface area (Å²) in [6.45, 7) is 3.03. The summed E-state index contributed by atoms with van der Waals surface area (Å²) in [5.74, 6) is -1.83. The first kappa shape index (κ1) is 51.1. The van der Waals surface area contributed by atoms with Gasteiger partial charge >= 0.3 is 19.8 Å². The highest BCUT2D eigenvalue weighted by molar-refractivity contribution is 7.47. The first-order valence-electron chi connectivity index (χ1n) is 20.3. The second-order valence-corrected chi connectivity index (χ2v) is 15.2. The Kier molecular flexibility index (Phi) is 30.2. The van der Waals surface area contributed by atoms with Crippen LogP contribution >= 0.6 is 7.82 Å². The quantitative estimate of drug-likeness (QED) is 0.0193. The fourth-order valence-corrected chi connectivity index (χ4v) is 6.58. The van der Waals surface area contributed by atoms with Gasteiger partial charge in [-0.15, -0.1) is 0 Å². The van der Waals surface area contributed by atoms with Crippen molar-refractivity contribution in [2.24, 2.45) is 17.6 Å². The van der Waals surface area contributed by atoms with Crippen LogP contribution in [0.4, 0.5) is 0 Å². The van der Waals surface area contributed by atoms with Crippen LogP contribution in [0, 0.1) is 11.8 Å². The summed E-state index contributed by atoms with van der Waals surface area (Å²) in [5.41, 5.74) is 5.33. The van der Waals surface area contributed by atoms with Gasteiger partial charge in [0.2, 0.25) is 0 Å². The van der Waals surface area contributed by atoms with E-state index >= 15 is 0 Å². The maximum atomic E-state index is 12.6. The molecule has 0 aromatic heterocycles. The lowest BCUT2D eigenvalue weighted by atomic mass is 9.89. The number of allylic oxidation sites excluding steroid dienone is 11. The minimum atomic E-state index is -4.48. The predicted octanol–water partition coefficient (Wildman–Crippen LogP) is 7.65. The Morgan fingerprint density at radius 2 is 1.45 bits per heavy atom. The van der Waals surface area contributed by atoms with Gasteiger partial charge in [0, 0.05) is 25.3 Å². The van der Waals surface area contributed by atoms with Gasteiger partial charge in [-0.1, -0.05) is 118 Å². The van der Waals surface area contributed by atoms with Crippen molar-refractivity contribution in [3.05, 3.63) is 85.1 Å². The minimum Gasteiger partial charge on any atom is -0.461 e. The molecular formula is C43H70NO11P. The van der Waals surface area contributed by atoms with E-state index < -0.39 is 57.4 Å². The Balaban J connectivity index is 2.53. The van der Waals surface area contributed by atoms with Crippen LogP contribution in [-0.4, -0.2) is 82.9 Å². The number of unbranched alkanes of at least 4 members (excludes halogenated alkanes) is 3. The largest absolute Gasteiger partial charge is 0.472 e. The summed E-state index contributed by atoms with van der Waals surface area (Å²) in [4.78, 5) is 35.0. The van der Waals surface area contributed by atoms with Crippen LogP contribution in [0.2, 0.25) is 0 Å². The van der Waals surface area contributed by atoms with E-state index in [-0.39, 0.29) is 44.2 Å². The molecule has 13 heteroatoms. The monoisotopic (exact) mass is 807 g/mol. The van der Waals surface area contributed by atoms with Crippen molar-refractivity contribution >= 4 is 19.8 Å². The van der Waals surface area contributed by atoms with Crippen molar-refractivity contribution in [2.75, 3.05) is 26.4 Å². The van der Waals surface area contributed by atoms with Gasteiger partial charge in [-0.2, -0.15) is 0 Å². The molecule has 1 unspecified atom stereocenters. The van der Waals surface area contributed by atoms with Crippen molar-refractivity contribution < 1.29 is 52.9 Å². The number of rotatable bonds is 32. The Morgan fingerprint density at radius 1 is 0.804 bits per heavy atom. The highest BCUT2D eigenvalue weighted by atomic mass is 31.2. The summed E-state index contributed by atoms with van der Waals surface area (Å²) in [6.07, 6.45) is 34.7. The number of hydrogen-bond donors (Lipinski definition) is 5. The van der Waals surface area contributed by atoms with E-state index in [2.05, 4.69) is 62.5 Å². The average molecular weight is 808 g/mol. The zero-order valence-electron chi connectivity index (χ0n) is 33.7. The topological polar surface area (TPSA) is 195 Å². The van der Waals surface area contributed by atoms with E-state index in [1.807, 2.05) is 12.2 Å². The highest BCUT2D eigenvalue weighted by Crippen LogP contribution is 2.43. The molecule has 1 fully saturated rings. The SMILES string of the molecule is CC/C=C\C/C=C\C/C=C\C/C=C\C/C=C\CCCC(=O)O[C@H](COC(=O)C/C=C\C[C@H]1[C@@H](/C=C/[C@H](O)CCCCC)[C@H](O)C[C@@H]1O)COP(=O)(O)OCCN. The molecule has 0 bridgehead atoms. The van der Waals surface area contributed by atoms with E-state index in [1.165, 1.54) is 0 Å². The van der Waals surface area contributed by atoms with Crippen molar-refractivity contribution in [1.82, 2.24) is 0 Å². The number of nitrogens with two attached hydrogens (primary N) is 1. The third-order valence-electron chi connectivity index (χ3n) is 8.87. The molecule has 6 N–H and O–H groups in total. The van der Waals surface area contributed by atoms with E-state index in [1.54, 1.807) is 24.3 Å². The molecule has 12 nitrogen and oxygen atoms in total. The van der Waals surface area contributed by atoms with E-state index in [4.69, 9.17) is 24.3 Å². The molecule has 0 saturated heterocycles. The van der Waals surface area contributed by atoms with Gasteiger partial charge < -0.3 is 35.4 Å². The van der Waals surface area contributed by atoms with Crippen LogP contribution in [0.25, 0.3) is 0 Å². The fourth-order valence-electron chi connectivity index (χ4n) is 5.82. The Morgan fingerprint density at radius 3 is 2.07 bits per heavy atom. The summed E-state index contributed by atoms with van der Waals surface area (Å²) in [7, 11) is -4.48. The Hall–Kier alpha value is -2.93. The van der Waals surface area contributed by atoms with Gasteiger partial charge in [0.1, 0.15) is 6.61 Å². The van der Waals surface area contributed by atoms with Crippen LogP contribution in [-0.2, 0) is 32.7 Å². The van der Waals surface area contributed by atoms with E-state index in [9.17, 15) is 34.4 Å². The molecule has 56 heavy (non-hydrogen) atoms. The number of aliphatic hydroxyl groups is 3. The first-order chi connectivity index (χ1) is 27.0. The smallest absolute Gasteiger partial charge is 0.461 e. The molecule has 0 aromatic rings. The molecule has 0 spiro atoms. The number of esters is 2. The molecule has 1 aliphatic rings. The van der Waals surface area contributed by atoms with E-state index in [0.717, 1.165) is 51.4 Å². The lowest BCUT2D eigenvalue weighted by Gasteiger charge is -2.20. The number of aliphatic hydroxyl groups excluding tert-OH is 3. The summed E-state index contributed by atoms with van der Waals surface area (Å²) < 4.78 is 32.6. The summed E-state index contributed by atoms with van der Waals surface area (Å²) in [6, 6.07) is 0. The zero-order valence-corrected chi connectivity index (χ0v) is 34.5. The normalized spacial score (nSPS) is 21.5. The van der Waals surface area contributed by atoms with Gasteiger partial charge in [0.25, 0.3) is 0 Å². The van der Waals surface area contributed by atoms with Gasteiger partial charge in [0.15, 0.2) is 6.10 Å². The third-order valence-corrected chi connectivity index (χ3v) is 9.85. The fraction of sp³-hybridized carbons (Fsp3) is 0.628. The van der Waals surface area contributed by atoms with Crippen molar-refractivity contribution in [3.63, 3.8) is 0 Å². The number of ether oxygens (including phenoxy) is 2. The molecule has 1 aliphatic carbocycles. The van der Waals surface area contributed by atoms with Gasteiger partial charge in [-0.3, -0.25) is 18.6 Å². The number of phosphoric ester groups is 1. The number of phosphoric acid groups is 1. The molecule has 0 heterocycles. The van der Waals surface area contributed by atoms with Crippen LogP contribution < -0.4 is 5.73 Å². The third kappa shape index (κ3) is 26.8. The molecule has 318 valence electrons. The molecule has 0 radical (unpaired) electrons. The van der Waals surface area contributed by atoms with Crippen molar-refractivity contribution in [2.45, 2.75) is 135 Å². The number of carbonyl (C=O) groups excluding carboxylic acids is 2. The van der Waals surface area contributed by atoms with Crippen molar-refractivity contribution in [1.29, 1.82) is 0 Å². The molecule has 1 rings (SSSR count). The summed E-state index contributed by atoms with van der Waals surface area (Å²) in [5, 5.41) is 31.3. The molecular weight excluding hydrogens is 737 g/mol. The van der Waals surface area contributed by atoms with Crippen LogP contribution in [0.1, 0.15) is 110 Å². The van der Waals surface area contributed by atoms with Gasteiger partial charge in [0.05, 0.1) is 37.9 Å². The Bertz CT molecular complexity index is 1310. The van der Waals surface area contributed by atoms with Crippen LogP contribution in [0.5, 0.6) is 0 Å². The zero-order chi connectivity index (χ0) is 41.3. The van der Waals surface area contributed by atoms with E-state index in [0.29, 0.717) is 25.7 Å². The molecule has 0 aromatic carbocycles. The van der Waals surface area contributed by atoms with Crippen LogP contribution in [0.3, 0.4) is 0 Å².